The SMILES string of the molecule is ClCc1nc2ccccc2c(-c2ccccc2)c1Cl. The second kappa shape index (κ2) is 5.20. The van der Waals surface area contributed by atoms with Gasteiger partial charge in [-0.25, -0.2) is 4.98 Å². The normalized spacial score (nSPS) is 10.8. The van der Waals surface area contributed by atoms with Gasteiger partial charge in [-0.15, -0.1) is 11.6 Å². The summed E-state index contributed by atoms with van der Waals surface area (Å²) in [6.45, 7) is 0. The van der Waals surface area contributed by atoms with Crippen LogP contribution in [0, 0.1) is 0 Å². The zero-order valence-electron chi connectivity index (χ0n) is 10.1. The molecule has 3 heteroatoms. The summed E-state index contributed by atoms with van der Waals surface area (Å²) in [5, 5.41) is 1.69. The maximum atomic E-state index is 6.48. The quantitative estimate of drug-likeness (QED) is 0.583. The fourth-order valence-electron chi connectivity index (χ4n) is 2.22. The Morgan fingerprint density at radius 1 is 0.895 bits per heavy atom. The molecule has 0 spiro atoms. The van der Waals surface area contributed by atoms with Crippen LogP contribution in [0.15, 0.2) is 54.6 Å². The van der Waals surface area contributed by atoms with Crippen LogP contribution < -0.4 is 0 Å². The fraction of sp³-hybridized carbons (Fsp3) is 0.0625. The molecule has 0 N–H and O–H groups in total. The Bertz CT molecular complexity index is 723. The van der Waals surface area contributed by atoms with Gasteiger partial charge in [0.1, 0.15) is 0 Å². The van der Waals surface area contributed by atoms with Crippen LogP contribution in [-0.4, -0.2) is 4.98 Å². The van der Waals surface area contributed by atoms with E-state index in [4.69, 9.17) is 23.2 Å². The van der Waals surface area contributed by atoms with E-state index in [0.29, 0.717) is 10.9 Å². The first-order valence-electron chi connectivity index (χ1n) is 6.00. The highest BCUT2D eigenvalue weighted by atomic mass is 35.5. The highest BCUT2D eigenvalue weighted by Crippen LogP contribution is 2.36. The smallest absolute Gasteiger partial charge is 0.0751 e. The van der Waals surface area contributed by atoms with Crippen molar-refractivity contribution >= 4 is 34.1 Å². The van der Waals surface area contributed by atoms with Gasteiger partial charge in [0.05, 0.1) is 22.1 Å². The lowest BCUT2D eigenvalue weighted by atomic mass is 10.0. The van der Waals surface area contributed by atoms with Crippen molar-refractivity contribution in [2.24, 2.45) is 0 Å². The van der Waals surface area contributed by atoms with Gasteiger partial charge in [-0.05, 0) is 11.6 Å². The first-order valence-corrected chi connectivity index (χ1v) is 6.91. The molecule has 0 aliphatic rings. The molecule has 1 heterocycles. The number of nitrogens with zero attached hydrogens (tertiary/aromatic N) is 1. The maximum absolute atomic E-state index is 6.48. The second-order valence-corrected chi connectivity index (χ2v) is 4.91. The molecule has 94 valence electrons. The number of alkyl halides is 1. The molecule has 1 nitrogen and oxygen atoms in total. The highest BCUT2D eigenvalue weighted by molar-refractivity contribution is 6.36. The summed E-state index contributed by atoms with van der Waals surface area (Å²) in [6, 6.07) is 18.1. The Morgan fingerprint density at radius 2 is 1.58 bits per heavy atom. The van der Waals surface area contributed by atoms with Crippen LogP contribution >= 0.6 is 23.2 Å². The first-order chi connectivity index (χ1) is 9.31. The van der Waals surface area contributed by atoms with Gasteiger partial charge in [0.25, 0.3) is 0 Å². The Labute approximate surface area is 121 Å². The molecule has 0 saturated carbocycles. The van der Waals surface area contributed by atoms with E-state index in [9.17, 15) is 0 Å². The van der Waals surface area contributed by atoms with E-state index in [1.807, 2.05) is 54.6 Å². The Morgan fingerprint density at radius 3 is 2.32 bits per heavy atom. The summed E-state index contributed by atoms with van der Waals surface area (Å²) in [4.78, 5) is 4.52. The molecule has 0 unspecified atom stereocenters. The van der Waals surface area contributed by atoms with Gasteiger partial charge < -0.3 is 0 Å². The molecule has 0 fully saturated rings. The maximum Gasteiger partial charge on any atom is 0.0751 e. The van der Waals surface area contributed by atoms with Crippen LogP contribution in [-0.2, 0) is 5.88 Å². The van der Waals surface area contributed by atoms with Crippen LogP contribution in [0.1, 0.15) is 5.69 Å². The van der Waals surface area contributed by atoms with Crippen molar-refractivity contribution in [3.8, 4) is 11.1 Å². The molecule has 0 radical (unpaired) electrons. The molecule has 0 atom stereocenters. The number of hydrogen-bond acceptors (Lipinski definition) is 1. The monoisotopic (exact) mass is 287 g/mol. The lowest BCUT2D eigenvalue weighted by Gasteiger charge is -2.12. The average molecular weight is 288 g/mol. The lowest BCUT2D eigenvalue weighted by Crippen LogP contribution is -1.93. The van der Waals surface area contributed by atoms with Gasteiger partial charge in [0.2, 0.25) is 0 Å². The standard InChI is InChI=1S/C16H11Cl2N/c17-10-14-16(18)15(11-6-2-1-3-7-11)12-8-4-5-9-13(12)19-14/h1-9H,10H2. The van der Waals surface area contributed by atoms with E-state index in [2.05, 4.69) is 4.98 Å². The summed E-state index contributed by atoms with van der Waals surface area (Å²) < 4.78 is 0. The average Bonchev–Trinajstić information content (AvgIpc) is 2.47. The van der Waals surface area contributed by atoms with Crippen molar-refractivity contribution in [1.82, 2.24) is 4.98 Å². The number of halogens is 2. The van der Waals surface area contributed by atoms with Crippen molar-refractivity contribution in [2.75, 3.05) is 0 Å². The van der Waals surface area contributed by atoms with Crippen LogP contribution in [0.5, 0.6) is 0 Å². The minimum Gasteiger partial charge on any atom is -0.250 e. The van der Waals surface area contributed by atoms with E-state index in [0.717, 1.165) is 27.7 Å². The number of hydrogen-bond donors (Lipinski definition) is 0. The largest absolute Gasteiger partial charge is 0.250 e. The predicted molar refractivity (Wildman–Crippen MR) is 81.7 cm³/mol. The third kappa shape index (κ3) is 2.20. The van der Waals surface area contributed by atoms with Gasteiger partial charge in [0.15, 0.2) is 0 Å². The molecule has 0 bridgehead atoms. The molecule has 0 amide bonds. The summed E-state index contributed by atoms with van der Waals surface area (Å²) in [5.41, 5.74) is 3.73. The van der Waals surface area contributed by atoms with E-state index < -0.39 is 0 Å². The second-order valence-electron chi connectivity index (χ2n) is 4.26. The van der Waals surface area contributed by atoms with Gasteiger partial charge >= 0.3 is 0 Å². The minimum atomic E-state index is 0.309. The Balaban J connectivity index is 2.41. The number of aromatic nitrogens is 1. The molecule has 0 aliphatic heterocycles. The number of fused-ring (bicyclic) bond motifs is 1. The van der Waals surface area contributed by atoms with E-state index in [1.54, 1.807) is 0 Å². The van der Waals surface area contributed by atoms with E-state index in [-0.39, 0.29) is 0 Å². The number of pyridine rings is 1. The van der Waals surface area contributed by atoms with Crippen LogP contribution in [0.25, 0.3) is 22.0 Å². The topological polar surface area (TPSA) is 12.9 Å². The Kier molecular flexibility index (Phi) is 3.41. The molecule has 2 aromatic carbocycles. The lowest BCUT2D eigenvalue weighted by molar-refractivity contribution is 1.22. The Hall–Kier alpha value is -1.57. The van der Waals surface area contributed by atoms with Crippen molar-refractivity contribution in [3.63, 3.8) is 0 Å². The van der Waals surface area contributed by atoms with Crippen molar-refractivity contribution in [3.05, 3.63) is 65.3 Å². The highest BCUT2D eigenvalue weighted by Gasteiger charge is 2.13. The zero-order valence-corrected chi connectivity index (χ0v) is 11.6. The van der Waals surface area contributed by atoms with Crippen LogP contribution in [0.4, 0.5) is 0 Å². The summed E-state index contributed by atoms with van der Waals surface area (Å²) in [6.07, 6.45) is 0. The summed E-state index contributed by atoms with van der Waals surface area (Å²) >= 11 is 12.4. The molecular formula is C16H11Cl2N. The molecular weight excluding hydrogens is 277 g/mol. The fourth-order valence-corrected chi connectivity index (χ4v) is 2.80. The number of rotatable bonds is 2. The van der Waals surface area contributed by atoms with E-state index >= 15 is 0 Å². The van der Waals surface area contributed by atoms with Crippen LogP contribution in [0.2, 0.25) is 5.02 Å². The number of para-hydroxylation sites is 1. The minimum absolute atomic E-state index is 0.309. The van der Waals surface area contributed by atoms with Gasteiger partial charge in [-0.3, -0.25) is 0 Å². The van der Waals surface area contributed by atoms with E-state index in [1.165, 1.54) is 0 Å². The first kappa shape index (κ1) is 12.5. The number of benzene rings is 2. The molecule has 3 rings (SSSR count). The molecule has 19 heavy (non-hydrogen) atoms. The molecule has 0 saturated heterocycles. The third-order valence-electron chi connectivity index (χ3n) is 3.09. The van der Waals surface area contributed by atoms with Crippen molar-refractivity contribution < 1.29 is 0 Å². The van der Waals surface area contributed by atoms with Gasteiger partial charge in [-0.2, -0.15) is 0 Å². The van der Waals surface area contributed by atoms with Crippen LogP contribution in [0.3, 0.4) is 0 Å². The van der Waals surface area contributed by atoms with Gasteiger partial charge in [0, 0.05) is 10.9 Å². The van der Waals surface area contributed by atoms with Crippen molar-refractivity contribution in [1.29, 1.82) is 0 Å². The van der Waals surface area contributed by atoms with Crippen molar-refractivity contribution in [2.45, 2.75) is 5.88 Å². The molecule has 1 aromatic heterocycles. The molecule has 0 aliphatic carbocycles. The molecule has 3 aromatic rings. The zero-order chi connectivity index (χ0) is 13.2. The van der Waals surface area contributed by atoms with Gasteiger partial charge in [-0.1, -0.05) is 60.1 Å². The third-order valence-corrected chi connectivity index (χ3v) is 3.75. The predicted octanol–water partition coefficient (Wildman–Crippen LogP) is 5.29. The summed E-state index contributed by atoms with van der Waals surface area (Å²) in [7, 11) is 0. The summed E-state index contributed by atoms with van der Waals surface area (Å²) in [5.74, 6) is 0.309.